The molecule has 0 unspecified atom stereocenters. The van der Waals surface area contributed by atoms with Crippen LogP contribution in [0.4, 0.5) is 5.95 Å². The Hall–Kier alpha value is -2.31. The summed E-state index contributed by atoms with van der Waals surface area (Å²) in [6, 6.07) is 0. The number of esters is 1. The van der Waals surface area contributed by atoms with Crippen LogP contribution in [0.1, 0.15) is 28.8 Å². The van der Waals surface area contributed by atoms with Crippen molar-refractivity contribution in [2.45, 2.75) is 20.8 Å². The number of aryl methyl sites for hydroxylation is 2. The Morgan fingerprint density at radius 3 is 2.35 bits per heavy atom. The van der Waals surface area contributed by atoms with Crippen LogP contribution in [0.2, 0.25) is 0 Å². The number of ether oxygens (including phenoxy) is 1. The molecule has 0 atom stereocenters. The summed E-state index contributed by atoms with van der Waals surface area (Å²) in [7, 11) is 3.59. The van der Waals surface area contributed by atoms with E-state index in [0.717, 1.165) is 11.4 Å². The van der Waals surface area contributed by atoms with Crippen LogP contribution in [-0.2, 0) is 4.74 Å². The third-order valence-electron chi connectivity index (χ3n) is 2.80. The highest BCUT2D eigenvalue weighted by Gasteiger charge is 2.19. The smallest absolute Gasteiger partial charge is 0.359 e. The molecular formula is C13H17N5O2. The second kappa shape index (κ2) is 5.36. The molecule has 0 N–H and O–H groups in total. The molecule has 0 radical (unpaired) electrons. The van der Waals surface area contributed by atoms with E-state index in [4.69, 9.17) is 4.74 Å². The molecule has 106 valence electrons. The molecule has 0 spiro atoms. The maximum absolute atomic E-state index is 12.0. The minimum absolute atomic E-state index is 0.149. The van der Waals surface area contributed by atoms with Gasteiger partial charge in [-0.2, -0.15) is 4.98 Å². The highest BCUT2D eigenvalue weighted by atomic mass is 16.5. The first-order valence-corrected chi connectivity index (χ1v) is 6.31. The summed E-state index contributed by atoms with van der Waals surface area (Å²) >= 11 is 0. The zero-order valence-electron chi connectivity index (χ0n) is 12.3. The molecule has 7 heteroatoms. The molecule has 2 aromatic heterocycles. The quantitative estimate of drug-likeness (QED) is 0.780. The predicted octanol–water partition coefficient (Wildman–Crippen LogP) is 1.28. The minimum Gasteiger partial charge on any atom is -0.461 e. The number of carbonyl (C=O) groups is 1. The van der Waals surface area contributed by atoms with E-state index in [1.165, 1.54) is 0 Å². The standard InChI is InChI=1S/C13H17N5O2/c1-6-20-12(19)10-9-11(15-8(3)7(2)14-9)17-13(16-10)18(4)5/h6H2,1-5H3. The van der Waals surface area contributed by atoms with Crippen LogP contribution >= 0.6 is 0 Å². The van der Waals surface area contributed by atoms with Gasteiger partial charge in [0.2, 0.25) is 5.95 Å². The average Bonchev–Trinajstić information content (AvgIpc) is 2.39. The van der Waals surface area contributed by atoms with Crippen molar-refractivity contribution in [2.24, 2.45) is 0 Å². The normalized spacial score (nSPS) is 10.7. The van der Waals surface area contributed by atoms with Gasteiger partial charge < -0.3 is 9.64 Å². The van der Waals surface area contributed by atoms with Gasteiger partial charge in [-0.15, -0.1) is 0 Å². The van der Waals surface area contributed by atoms with E-state index in [1.807, 2.05) is 13.8 Å². The van der Waals surface area contributed by atoms with Crippen LogP contribution in [0.5, 0.6) is 0 Å². The van der Waals surface area contributed by atoms with E-state index in [9.17, 15) is 4.79 Å². The SMILES string of the molecule is CCOC(=O)c1nc(N(C)C)nc2nc(C)c(C)nc12. The van der Waals surface area contributed by atoms with Gasteiger partial charge in [0, 0.05) is 14.1 Å². The van der Waals surface area contributed by atoms with E-state index >= 15 is 0 Å². The van der Waals surface area contributed by atoms with Gasteiger partial charge in [0.1, 0.15) is 5.52 Å². The highest BCUT2D eigenvalue weighted by molar-refractivity contribution is 5.99. The van der Waals surface area contributed by atoms with E-state index < -0.39 is 5.97 Å². The first-order valence-electron chi connectivity index (χ1n) is 6.31. The molecule has 0 aliphatic rings. The lowest BCUT2D eigenvalue weighted by molar-refractivity contribution is 0.0521. The fourth-order valence-corrected chi connectivity index (χ4v) is 1.64. The molecule has 0 amide bonds. The third-order valence-corrected chi connectivity index (χ3v) is 2.80. The van der Waals surface area contributed by atoms with Crippen LogP contribution in [0.3, 0.4) is 0 Å². The van der Waals surface area contributed by atoms with Gasteiger partial charge in [-0.3, -0.25) is 0 Å². The lowest BCUT2D eigenvalue weighted by atomic mass is 10.3. The average molecular weight is 275 g/mol. The molecule has 2 rings (SSSR count). The summed E-state index contributed by atoms with van der Waals surface area (Å²) in [4.78, 5) is 31.0. The van der Waals surface area contributed by atoms with Crippen molar-refractivity contribution in [3.63, 3.8) is 0 Å². The summed E-state index contributed by atoms with van der Waals surface area (Å²) in [5, 5.41) is 0. The van der Waals surface area contributed by atoms with Gasteiger partial charge in [0.15, 0.2) is 11.3 Å². The Labute approximate surface area is 117 Å². The van der Waals surface area contributed by atoms with Crippen LogP contribution in [0.25, 0.3) is 11.2 Å². The number of hydrogen-bond donors (Lipinski definition) is 0. The lowest BCUT2D eigenvalue weighted by Crippen LogP contribution is -2.18. The van der Waals surface area contributed by atoms with Gasteiger partial charge >= 0.3 is 5.97 Å². The van der Waals surface area contributed by atoms with Crippen LogP contribution in [-0.4, -0.2) is 46.6 Å². The van der Waals surface area contributed by atoms with Crippen molar-refractivity contribution in [3.8, 4) is 0 Å². The van der Waals surface area contributed by atoms with Crippen molar-refractivity contribution in [3.05, 3.63) is 17.1 Å². The maximum Gasteiger partial charge on any atom is 0.359 e. The van der Waals surface area contributed by atoms with E-state index in [1.54, 1.807) is 25.9 Å². The summed E-state index contributed by atoms with van der Waals surface area (Å²) < 4.78 is 5.03. The van der Waals surface area contributed by atoms with Crippen molar-refractivity contribution in [1.82, 2.24) is 19.9 Å². The topological polar surface area (TPSA) is 81.1 Å². The Balaban J connectivity index is 2.74. The summed E-state index contributed by atoms with van der Waals surface area (Å²) in [6.07, 6.45) is 0. The van der Waals surface area contributed by atoms with E-state index in [-0.39, 0.29) is 12.3 Å². The molecule has 2 heterocycles. The number of carbonyl (C=O) groups excluding carboxylic acids is 1. The van der Waals surface area contributed by atoms with Crippen molar-refractivity contribution in [1.29, 1.82) is 0 Å². The van der Waals surface area contributed by atoms with Gasteiger partial charge in [0.05, 0.1) is 18.0 Å². The Morgan fingerprint density at radius 1 is 1.10 bits per heavy atom. The number of rotatable bonds is 3. The monoisotopic (exact) mass is 275 g/mol. The summed E-state index contributed by atoms with van der Waals surface area (Å²) in [5.74, 6) is -0.112. The predicted molar refractivity (Wildman–Crippen MR) is 74.9 cm³/mol. The van der Waals surface area contributed by atoms with Gasteiger partial charge in [0.25, 0.3) is 0 Å². The van der Waals surface area contributed by atoms with E-state index in [2.05, 4.69) is 19.9 Å². The Morgan fingerprint density at radius 2 is 1.75 bits per heavy atom. The van der Waals surface area contributed by atoms with E-state index in [0.29, 0.717) is 17.1 Å². The first kappa shape index (κ1) is 14.1. The Bertz CT molecular complexity index is 669. The fourth-order valence-electron chi connectivity index (χ4n) is 1.64. The molecule has 20 heavy (non-hydrogen) atoms. The van der Waals surface area contributed by atoms with Crippen molar-refractivity contribution >= 4 is 23.1 Å². The number of hydrogen-bond acceptors (Lipinski definition) is 7. The molecule has 0 aromatic carbocycles. The Kier molecular flexibility index (Phi) is 3.78. The molecule has 0 aliphatic carbocycles. The molecule has 7 nitrogen and oxygen atoms in total. The number of anilines is 1. The number of aromatic nitrogens is 4. The molecule has 0 fully saturated rings. The van der Waals surface area contributed by atoms with Gasteiger partial charge in [-0.1, -0.05) is 0 Å². The molecule has 0 saturated carbocycles. The summed E-state index contributed by atoms with van der Waals surface area (Å²) in [5.41, 5.74) is 2.43. The zero-order chi connectivity index (χ0) is 14.9. The second-order valence-corrected chi connectivity index (χ2v) is 4.55. The summed E-state index contributed by atoms with van der Waals surface area (Å²) in [6.45, 7) is 5.70. The number of nitrogens with zero attached hydrogens (tertiary/aromatic N) is 5. The first-order chi connectivity index (χ1) is 9.43. The number of fused-ring (bicyclic) bond motifs is 1. The highest BCUT2D eigenvalue weighted by Crippen LogP contribution is 2.18. The zero-order valence-corrected chi connectivity index (χ0v) is 12.3. The second-order valence-electron chi connectivity index (χ2n) is 4.55. The van der Waals surface area contributed by atoms with Crippen molar-refractivity contribution < 1.29 is 9.53 Å². The third kappa shape index (κ3) is 2.52. The van der Waals surface area contributed by atoms with Gasteiger partial charge in [-0.25, -0.2) is 19.7 Å². The fraction of sp³-hybridized carbons (Fsp3) is 0.462. The molecular weight excluding hydrogens is 258 g/mol. The minimum atomic E-state index is -0.513. The molecule has 2 aromatic rings. The molecule has 0 bridgehead atoms. The molecule has 0 aliphatic heterocycles. The lowest BCUT2D eigenvalue weighted by Gasteiger charge is -2.13. The largest absolute Gasteiger partial charge is 0.461 e. The maximum atomic E-state index is 12.0. The molecule has 0 saturated heterocycles. The van der Waals surface area contributed by atoms with Crippen LogP contribution in [0.15, 0.2) is 0 Å². The van der Waals surface area contributed by atoms with Crippen LogP contribution in [0, 0.1) is 13.8 Å². The van der Waals surface area contributed by atoms with Crippen molar-refractivity contribution in [2.75, 3.05) is 25.6 Å². The van der Waals surface area contributed by atoms with Gasteiger partial charge in [-0.05, 0) is 20.8 Å². The van der Waals surface area contributed by atoms with Crippen LogP contribution < -0.4 is 4.90 Å².